The number of carbonyl (C=O) groups excluding carboxylic acids is 1. The van der Waals surface area contributed by atoms with Gasteiger partial charge in [0.1, 0.15) is 17.7 Å². The van der Waals surface area contributed by atoms with Crippen LogP contribution in [0.3, 0.4) is 0 Å². The lowest BCUT2D eigenvalue weighted by molar-refractivity contribution is -0.138. The van der Waals surface area contributed by atoms with Gasteiger partial charge in [-0.1, -0.05) is 24.3 Å². The van der Waals surface area contributed by atoms with Crippen LogP contribution in [-0.2, 0) is 27.2 Å². The highest BCUT2D eigenvalue weighted by atomic mass is 35.5. The molecule has 4 atom stereocenters. The zero-order valence-corrected chi connectivity index (χ0v) is 20.9. The lowest BCUT2D eigenvalue weighted by atomic mass is 10.1. The number of carboxylic acid groups (broad SMARTS) is 1. The molecule has 1 aliphatic heterocycles. The van der Waals surface area contributed by atoms with Gasteiger partial charge in [-0.15, -0.1) is 12.4 Å². The third-order valence-electron chi connectivity index (χ3n) is 5.92. The Labute approximate surface area is 218 Å². The summed E-state index contributed by atoms with van der Waals surface area (Å²) in [4.78, 5) is 35.8. The summed E-state index contributed by atoms with van der Waals surface area (Å²) < 4.78 is 7.09. The van der Waals surface area contributed by atoms with Crippen molar-refractivity contribution in [2.45, 2.75) is 50.7 Å². The second kappa shape index (κ2) is 12.1. The van der Waals surface area contributed by atoms with E-state index in [1.165, 1.54) is 10.9 Å². The van der Waals surface area contributed by atoms with Crippen LogP contribution in [0.2, 0.25) is 0 Å². The maximum atomic E-state index is 12.2. The van der Waals surface area contributed by atoms with E-state index in [1.54, 1.807) is 6.92 Å². The molecule has 1 saturated heterocycles. The Morgan fingerprint density at radius 2 is 1.78 bits per heavy atom. The van der Waals surface area contributed by atoms with E-state index in [1.807, 2.05) is 24.3 Å². The summed E-state index contributed by atoms with van der Waals surface area (Å²) in [6.07, 6.45) is -2.56. The molecule has 1 fully saturated rings. The zero-order valence-electron chi connectivity index (χ0n) is 20.1. The molecule has 4 rings (SSSR count). The van der Waals surface area contributed by atoms with Crippen LogP contribution in [-0.4, -0.2) is 78.1 Å². The summed E-state index contributed by atoms with van der Waals surface area (Å²) in [5, 5.41) is 35.4. The number of halogens is 1. The number of aryl methyl sites for hydroxylation is 1. The Bertz CT molecular complexity index is 1240. The number of nitrogen functional groups attached to an aromatic ring is 1. The first kappa shape index (κ1) is 28.1. The van der Waals surface area contributed by atoms with Crippen LogP contribution < -0.4 is 16.4 Å². The molecule has 0 bridgehead atoms. The molecular weight excluding hydrogens is 506 g/mol. The van der Waals surface area contributed by atoms with Gasteiger partial charge in [-0.2, -0.15) is 9.97 Å². The average molecular weight is 536 g/mol. The van der Waals surface area contributed by atoms with Crippen molar-refractivity contribution in [2.75, 3.05) is 24.1 Å². The number of aliphatic hydroxyl groups excluding tert-OH is 2. The molecule has 13 nitrogen and oxygen atoms in total. The number of aromatic nitrogens is 4. The van der Waals surface area contributed by atoms with Gasteiger partial charge in [0.05, 0.1) is 6.33 Å². The van der Waals surface area contributed by atoms with Gasteiger partial charge in [0.2, 0.25) is 5.95 Å². The van der Waals surface area contributed by atoms with Gasteiger partial charge >= 0.3 is 5.97 Å². The SMILES string of the molecule is CCNC(=O)[C@H]1OC(n2cnc3c(N)nc(NCCc4ccc(CCC(=O)O)cc4)nc32)[C@H](O)[C@@H]1O.Cl. The third kappa shape index (κ3) is 6.25. The Morgan fingerprint density at radius 1 is 1.11 bits per heavy atom. The fourth-order valence-corrected chi connectivity index (χ4v) is 4.03. The molecule has 1 unspecified atom stereocenters. The summed E-state index contributed by atoms with van der Waals surface area (Å²) >= 11 is 0. The van der Waals surface area contributed by atoms with Gasteiger partial charge < -0.3 is 36.4 Å². The highest BCUT2D eigenvalue weighted by Crippen LogP contribution is 2.32. The number of hydrogen-bond donors (Lipinski definition) is 6. The number of rotatable bonds is 10. The number of benzene rings is 1. The Balaban J connectivity index is 0.00000380. The van der Waals surface area contributed by atoms with E-state index >= 15 is 0 Å². The maximum Gasteiger partial charge on any atom is 0.303 e. The van der Waals surface area contributed by atoms with Crippen LogP contribution in [0.1, 0.15) is 30.7 Å². The molecule has 1 aromatic carbocycles. The first-order chi connectivity index (χ1) is 17.3. The molecule has 0 radical (unpaired) electrons. The number of aliphatic carboxylic acids is 1. The predicted octanol–water partition coefficient (Wildman–Crippen LogP) is 0.257. The number of nitrogens with two attached hydrogens (primary N) is 1. The van der Waals surface area contributed by atoms with Crippen LogP contribution in [0.4, 0.5) is 11.8 Å². The number of ether oxygens (including phenoxy) is 1. The van der Waals surface area contributed by atoms with E-state index in [2.05, 4.69) is 25.6 Å². The summed E-state index contributed by atoms with van der Waals surface area (Å²) in [6.45, 7) is 2.59. The Hall–Kier alpha value is -3.52. The van der Waals surface area contributed by atoms with Crippen LogP contribution >= 0.6 is 12.4 Å². The van der Waals surface area contributed by atoms with Crippen molar-refractivity contribution in [1.29, 1.82) is 0 Å². The van der Waals surface area contributed by atoms with E-state index in [0.717, 1.165) is 11.1 Å². The van der Waals surface area contributed by atoms with Crippen molar-refractivity contribution in [2.24, 2.45) is 0 Å². The fourth-order valence-electron chi connectivity index (χ4n) is 4.03. The van der Waals surface area contributed by atoms with Gasteiger partial charge in [0.15, 0.2) is 23.8 Å². The topological polar surface area (TPSA) is 198 Å². The van der Waals surface area contributed by atoms with Crippen molar-refractivity contribution in [1.82, 2.24) is 24.8 Å². The standard InChI is InChI=1S/C23H29N7O6.ClH/c1-2-25-21(35)18-16(33)17(34)22(36-18)30-11-27-15-19(24)28-23(29-20(15)30)26-10-9-13-5-3-12(4-6-13)7-8-14(31)32;/h3-6,11,16-18,22,33-34H,2,7-10H2,1H3,(H,25,35)(H,31,32)(H3,24,26,28,29);1H/t16-,17+,18-,22?;/m0./s1. The minimum atomic E-state index is -1.42. The van der Waals surface area contributed by atoms with Crippen molar-refractivity contribution in [3.63, 3.8) is 0 Å². The van der Waals surface area contributed by atoms with E-state index in [4.69, 9.17) is 15.6 Å². The Morgan fingerprint density at radius 3 is 2.43 bits per heavy atom. The number of carbonyl (C=O) groups is 2. The molecular formula is C23H30ClN7O6. The first-order valence-electron chi connectivity index (χ1n) is 11.6. The molecule has 3 heterocycles. The van der Waals surface area contributed by atoms with E-state index in [0.29, 0.717) is 31.4 Å². The summed E-state index contributed by atoms with van der Waals surface area (Å²) in [5.41, 5.74) is 8.65. The number of aliphatic hydroxyl groups is 2. The normalized spacial score (nSPS) is 20.9. The number of hydrogen-bond acceptors (Lipinski definition) is 10. The first-order valence-corrected chi connectivity index (χ1v) is 11.6. The van der Waals surface area contributed by atoms with E-state index < -0.39 is 36.4 Å². The number of anilines is 2. The predicted molar refractivity (Wildman–Crippen MR) is 136 cm³/mol. The summed E-state index contributed by atoms with van der Waals surface area (Å²) in [6, 6.07) is 7.71. The second-order valence-electron chi connectivity index (χ2n) is 8.47. The summed E-state index contributed by atoms with van der Waals surface area (Å²) in [7, 11) is 0. The molecule has 0 spiro atoms. The molecule has 0 aliphatic carbocycles. The minimum Gasteiger partial charge on any atom is -0.481 e. The van der Waals surface area contributed by atoms with Crippen LogP contribution in [0.5, 0.6) is 0 Å². The highest BCUT2D eigenvalue weighted by Gasteiger charge is 2.47. The van der Waals surface area contributed by atoms with E-state index in [-0.39, 0.29) is 36.2 Å². The monoisotopic (exact) mass is 535 g/mol. The van der Waals surface area contributed by atoms with Crippen molar-refractivity contribution in [3.05, 3.63) is 41.7 Å². The molecule has 37 heavy (non-hydrogen) atoms. The minimum absolute atomic E-state index is 0. The van der Waals surface area contributed by atoms with Gasteiger partial charge in [-0.3, -0.25) is 14.2 Å². The van der Waals surface area contributed by atoms with Crippen molar-refractivity contribution < 1.29 is 29.6 Å². The summed E-state index contributed by atoms with van der Waals surface area (Å²) in [5.74, 6) is -0.985. The van der Waals surface area contributed by atoms with Gasteiger partial charge in [-0.25, -0.2) is 4.98 Å². The maximum absolute atomic E-state index is 12.2. The molecule has 7 N–H and O–H groups in total. The third-order valence-corrected chi connectivity index (χ3v) is 5.92. The lowest BCUT2D eigenvalue weighted by Gasteiger charge is -2.16. The van der Waals surface area contributed by atoms with E-state index in [9.17, 15) is 19.8 Å². The number of nitrogens with one attached hydrogen (secondary N) is 2. The smallest absolute Gasteiger partial charge is 0.303 e. The Kier molecular flexibility index (Phi) is 9.21. The fraction of sp³-hybridized carbons (Fsp3) is 0.435. The quantitative estimate of drug-likeness (QED) is 0.208. The number of likely N-dealkylation sites (N-methyl/N-ethyl adjacent to an activating group) is 1. The molecule has 1 aliphatic rings. The molecule has 1 amide bonds. The van der Waals surface area contributed by atoms with Crippen LogP contribution in [0.15, 0.2) is 30.6 Å². The van der Waals surface area contributed by atoms with Gasteiger partial charge in [0, 0.05) is 19.5 Å². The lowest BCUT2D eigenvalue weighted by Crippen LogP contribution is -2.42. The molecule has 2 aromatic heterocycles. The number of nitrogens with zero attached hydrogens (tertiary/aromatic N) is 4. The van der Waals surface area contributed by atoms with Crippen LogP contribution in [0.25, 0.3) is 11.2 Å². The molecule has 14 heteroatoms. The van der Waals surface area contributed by atoms with Gasteiger partial charge in [-0.05, 0) is 30.9 Å². The number of carboxylic acids is 1. The number of imidazole rings is 1. The largest absolute Gasteiger partial charge is 0.481 e. The molecule has 0 saturated carbocycles. The number of fused-ring (bicyclic) bond motifs is 1. The zero-order chi connectivity index (χ0) is 25.8. The van der Waals surface area contributed by atoms with Gasteiger partial charge in [0.25, 0.3) is 5.91 Å². The van der Waals surface area contributed by atoms with Crippen molar-refractivity contribution >= 4 is 47.2 Å². The molecule has 200 valence electrons. The molecule has 3 aromatic rings. The highest BCUT2D eigenvalue weighted by molar-refractivity contribution is 5.85. The van der Waals surface area contributed by atoms with Crippen LogP contribution in [0, 0.1) is 0 Å². The average Bonchev–Trinajstić information content (AvgIpc) is 3.40. The van der Waals surface area contributed by atoms with Crippen molar-refractivity contribution in [3.8, 4) is 0 Å². The number of amides is 1. The second-order valence-corrected chi connectivity index (χ2v) is 8.47.